The number of hydrogen-bond acceptors (Lipinski definition) is 2. The number of nitrogens with one attached hydrogen (secondary N) is 1. The van der Waals surface area contributed by atoms with Gasteiger partial charge in [-0.2, -0.15) is 0 Å². The van der Waals surface area contributed by atoms with Crippen LogP contribution in [0.15, 0.2) is 53.0 Å². The summed E-state index contributed by atoms with van der Waals surface area (Å²) in [6, 6.07) is 17.7. The third-order valence-corrected chi connectivity index (χ3v) is 5.92. The van der Waals surface area contributed by atoms with E-state index in [9.17, 15) is 0 Å². The minimum atomic E-state index is 0.539. The van der Waals surface area contributed by atoms with Gasteiger partial charge in [-0.15, -0.1) is 0 Å². The largest absolute Gasteiger partial charge is 0.367 e. The van der Waals surface area contributed by atoms with E-state index in [1.54, 1.807) is 0 Å². The molecule has 128 valence electrons. The maximum Gasteiger partial charge on any atom is 0.134 e. The Morgan fingerprint density at radius 2 is 1.60 bits per heavy atom. The minimum Gasteiger partial charge on any atom is -0.367 e. The van der Waals surface area contributed by atoms with Gasteiger partial charge in [0.15, 0.2) is 0 Å². The highest BCUT2D eigenvalue weighted by atomic mass is 79.9. The molecule has 0 bridgehead atoms. The highest BCUT2D eigenvalue weighted by Gasteiger charge is 2.18. The number of halogens is 1. The predicted molar refractivity (Wildman–Crippen MR) is 110 cm³/mol. The summed E-state index contributed by atoms with van der Waals surface area (Å²) in [6.45, 7) is 2.11. The normalized spacial score (nSPS) is 15.4. The van der Waals surface area contributed by atoms with Gasteiger partial charge in [0.1, 0.15) is 5.82 Å². The maximum absolute atomic E-state index is 5.04. The molecule has 0 aliphatic heterocycles. The first kappa shape index (κ1) is 16.6. The van der Waals surface area contributed by atoms with Crippen molar-refractivity contribution < 1.29 is 0 Å². The van der Waals surface area contributed by atoms with Gasteiger partial charge in [-0.1, -0.05) is 73.4 Å². The van der Waals surface area contributed by atoms with Gasteiger partial charge in [0.25, 0.3) is 0 Å². The second-order valence-corrected chi connectivity index (χ2v) is 7.81. The molecule has 1 fully saturated rings. The third kappa shape index (κ3) is 3.43. The van der Waals surface area contributed by atoms with E-state index in [1.165, 1.54) is 48.4 Å². The Hall–Kier alpha value is -1.87. The monoisotopic (exact) mass is 394 g/mol. The molecule has 2 aromatic carbocycles. The SMILES string of the molecule is Cc1ccc(-c2nc(NC3CCCCC3)c3ccccc3c2Br)cc1. The van der Waals surface area contributed by atoms with Crippen LogP contribution in [0.25, 0.3) is 22.0 Å². The average molecular weight is 395 g/mol. The molecule has 0 saturated heterocycles. The molecule has 1 N–H and O–H groups in total. The lowest BCUT2D eigenvalue weighted by atomic mass is 9.95. The van der Waals surface area contributed by atoms with Gasteiger partial charge in [-0.3, -0.25) is 0 Å². The lowest BCUT2D eigenvalue weighted by molar-refractivity contribution is 0.462. The van der Waals surface area contributed by atoms with Crippen molar-refractivity contribution in [1.82, 2.24) is 4.98 Å². The Labute approximate surface area is 157 Å². The number of hydrogen-bond donors (Lipinski definition) is 1. The number of benzene rings is 2. The Morgan fingerprint density at radius 3 is 2.32 bits per heavy atom. The molecule has 1 heterocycles. The Kier molecular flexibility index (Phi) is 4.76. The lowest BCUT2D eigenvalue weighted by Gasteiger charge is -2.24. The second-order valence-electron chi connectivity index (χ2n) is 7.01. The summed E-state index contributed by atoms with van der Waals surface area (Å²) in [7, 11) is 0. The predicted octanol–water partition coefficient (Wildman–Crippen LogP) is 6.72. The van der Waals surface area contributed by atoms with Crippen molar-refractivity contribution >= 4 is 32.5 Å². The molecule has 0 spiro atoms. The van der Waals surface area contributed by atoms with E-state index in [2.05, 4.69) is 76.7 Å². The minimum absolute atomic E-state index is 0.539. The number of pyridine rings is 1. The smallest absolute Gasteiger partial charge is 0.134 e. The number of aryl methyl sites for hydroxylation is 1. The molecule has 1 aliphatic rings. The van der Waals surface area contributed by atoms with Crippen molar-refractivity contribution in [1.29, 1.82) is 0 Å². The van der Waals surface area contributed by atoms with E-state index < -0.39 is 0 Å². The number of anilines is 1. The van der Waals surface area contributed by atoms with Gasteiger partial charge in [-0.05, 0) is 35.7 Å². The van der Waals surface area contributed by atoms with E-state index >= 15 is 0 Å². The zero-order valence-electron chi connectivity index (χ0n) is 14.6. The number of nitrogens with zero attached hydrogens (tertiary/aromatic N) is 1. The summed E-state index contributed by atoms with van der Waals surface area (Å²) in [5, 5.41) is 6.15. The molecule has 3 aromatic rings. The van der Waals surface area contributed by atoms with Crippen LogP contribution >= 0.6 is 15.9 Å². The molecule has 1 aromatic heterocycles. The van der Waals surface area contributed by atoms with E-state index in [1.807, 2.05) is 0 Å². The molecule has 1 saturated carbocycles. The van der Waals surface area contributed by atoms with Gasteiger partial charge in [0.2, 0.25) is 0 Å². The van der Waals surface area contributed by atoms with Crippen LogP contribution in [0.2, 0.25) is 0 Å². The molecule has 0 radical (unpaired) electrons. The Morgan fingerprint density at radius 1 is 0.920 bits per heavy atom. The van der Waals surface area contributed by atoms with E-state index in [0.717, 1.165) is 21.5 Å². The number of rotatable bonds is 3. The van der Waals surface area contributed by atoms with Crippen molar-refractivity contribution in [2.24, 2.45) is 0 Å². The summed E-state index contributed by atoms with van der Waals surface area (Å²) < 4.78 is 1.07. The first-order valence-electron chi connectivity index (χ1n) is 9.14. The molecule has 4 rings (SSSR count). The van der Waals surface area contributed by atoms with Gasteiger partial charge in [0, 0.05) is 22.4 Å². The summed E-state index contributed by atoms with van der Waals surface area (Å²) in [6.07, 6.45) is 6.48. The lowest BCUT2D eigenvalue weighted by Crippen LogP contribution is -2.23. The molecule has 2 nitrogen and oxygen atoms in total. The van der Waals surface area contributed by atoms with Gasteiger partial charge in [0.05, 0.1) is 10.2 Å². The van der Waals surface area contributed by atoms with Gasteiger partial charge in [-0.25, -0.2) is 4.98 Å². The van der Waals surface area contributed by atoms with Crippen molar-refractivity contribution in [2.75, 3.05) is 5.32 Å². The average Bonchev–Trinajstić information content (AvgIpc) is 2.66. The molecule has 25 heavy (non-hydrogen) atoms. The van der Waals surface area contributed by atoms with Crippen LogP contribution in [0.4, 0.5) is 5.82 Å². The van der Waals surface area contributed by atoms with Crippen LogP contribution in [-0.2, 0) is 0 Å². The Balaban J connectivity index is 1.83. The fraction of sp³-hybridized carbons (Fsp3) is 0.318. The molecule has 0 unspecified atom stereocenters. The second kappa shape index (κ2) is 7.17. The first-order chi connectivity index (χ1) is 12.2. The fourth-order valence-corrected chi connectivity index (χ4v) is 4.35. The maximum atomic E-state index is 5.04. The highest BCUT2D eigenvalue weighted by Crippen LogP contribution is 2.37. The quantitative estimate of drug-likeness (QED) is 0.533. The van der Waals surface area contributed by atoms with Crippen molar-refractivity contribution in [3.8, 4) is 11.3 Å². The van der Waals surface area contributed by atoms with Crippen molar-refractivity contribution in [3.63, 3.8) is 0 Å². The topological polar surface area (TPSA) is 24.9 Å². The molecular formula is C22H23BrN2. The fourth-order valence-electron chi connectivity index (χ4n) is 3.68. The zero-order valence-corrected chi connectivity index (χ0v) is 16.1. The van der Waals surface area contributed by atoms with Crippen LogP contribution in [0, 0.1) is 6.92 Å². The molecule has 1 aliphatic carbocycles. The first-order valence-corrected chi connectivity index (χ1v) is 9.93. The summed E-state index contributed by atoms with van der Waals surface area (Å²) >= 11 is 3.81. The molecule has 0 atom stereocenters. The number of aromatic nitrogens is 1. The third-order valence-electron chi connectivity index (χ3n) is 5.12. The van der Waals surface area contributed by atoms with Crippen molar-refractivity contribution in [2.45, 2.75) is 45.1 Å². The van der Waals surface area contributed by atoms with Gasteiger partial charge < -0.3 is 5.32 Å². The van der Waals surface area contributed by atoms with Crippen LogP contribution in [-0.4, -0.2) is 11.0 Å². The summed E-state index contributed by atoms with van der Waals surface area (Å²) in [5.41, 5.74) is 3.42. The van der Waals surface area contributed by atoms with Crippen LogP contribution in [0.3, 0.4) is 0 Å². The molecular weight excluding hydrogens is 372 g/mol. The van der Waals surface area contributed by atoms with Gasteiger partial charge >= 0.3 is 0 Å². The van der Waals surface area contributed by atoms with Crippen LogP contribution in [0.1, 0.15) is 37.7 Å². The Bertz CT molecular complexity index is 880. The number of fused-ring (bicyclic) bond motifs is 1. The molecule has 3 heteroatoms. The van der Waals surface area contributed by atoms with Crippen LogP contribution < -0.4 is 5.32 Å². The molecule has 0 amide bonds. The van der Waals surface area contributed by atoms with Crippen LogP contribution in [0.5, 0.6) is 0 Å². The summed E-state index contributed by atoms with van der Waals surface area (Å²) in [5.74, 6) is 1.02. The summed E-state index contributed by atoms with van der Waals surface area (Å²) in [4.78, 5) is 5.04. The van der Waals surface area contributed by atoms with E-state index in [0.29, 0.717) is 6.04 Å². The van der Waals surface area contributed by atoms with E-state index in [4.69, 9.17) is 4.98 Å². The van der Waals surface area contributed by atoms with Crippen molar-refractivity contribution in [3.05, 3.63) is 58.6 Å². The highest BCUT2D eigenvalue weighted by molar-refractivity contribution is 9.10. The standard InChI is InChI=1S/C22H23BrN2/c1-15-11-13-16(14-12-15)21-20(23)18-9-5-6-10-19(18)22(25-21)24-17-7-3-2-4-8-17/h5-6,9-14,17H,2-4,7-8H2,1H3,(H,24,25). The zero-order chi connectivity index (χ0) is 17.2. The van der Waals surface area contributed by atoms with E-state index in [-0.39, 0.29) is 0 Å².